The van der Waals surface area contributed by atoms with Crippen molar-refractivity contribution in [1.29, 1.82) is 0 Å². The van der Waals surface area contributed by atoms with Gasteiger partial charge in [-0.25, -0.2) is 0 Å². The monoisotopic (exact) mass is 564 g/mol. The molecule has 0 saturated carbocycles. The van der Waals surface area contributed by atoms with Crippen LogP contribution in [0.5, 0.6) is 0 Å². The quantitative estimate of drug-likeness (QED) is 0.119. The van der Waals surface area contributed by atoms with Gasteiger partial charge in [0.1, 0.15) is 0 Å². The Balaban J connectivity index is 1.55. The number of hydrogen-bond donors (Lipinski definition) is 0. The van der Waals surface area contributed by atoms with Gasteiger partial charge >= 0.3 is 184 Å². The summed E-state index contributed by atoms with van der Waals surface area (Å²) in [4.78, 5) is 25.1. The summed E-state index contributed by atoms with van der Waals surface area (Å²) in [5.74, 6) is -0.590. The third-order valence-corrected chi connectivity index (χ3v) is 10.1. The van der Waals surface area contributed by atoms with Crippen LogP contribution in [0.1, 0.15) is 85.9 Å². The van der Waals surface area contributed by atoms with Crippen LogP contribution >= 0.6 is 15.9 Å². The van der Waals surface area contributed by atoms with E-state index in [-0.39, 0.29) is 20.1 Å². The van der Waals surface area contributed by atoms with E-state index in [0.717, 1.165) is 51.6 Å². The van der Waals surface area contributed by atoms with Gasteiger partial charge in [0.25, 0.3) is 0 Å². The van der Waals surface area contributed by atoms with E-state index in [1.54, 1.807) is 6.07 Å². The van der Waals surface area contributed by atoms with Crippen molar-refractivity contribution in [3.05, 3.63) is 49.2 Å². The van der Waals surface area contributed by atoms with E-state index < -0.39 is 11.6 Å². The van der Waals surface area contributed by atoms with Crippen molar-refractivity contribution in [2.45, 2.75) is 71.1 Å². The van der Waals surface area contributed by atoms with Crippen molar-refractivity contribution in [1.82, 2.24) is 0 Å². The Morgan fingerprint density at radius 3 is 2.75 bits per heavy atom. The Bertz CT molecular complexity index is 1200. The predicted octanol–water partition coefficient (Wildman–Crippen LogP) is 7.24. The minimum atomic E-state index is -0.615. The van der Waals surface area contributed by atoms with Crippen molar-refractivity contribution < 1.29 is 13.9 Å². The molecule has 1 aliphatic carbocycles. The zero-order chi connectivity index (χ0) is 22.5. The molecular formula is C26H29BrO4Se. The molecule has 3 aromatic rings. The van der Waals surface area contributed by atoms with E-state index in [1.165, 1.54) is 42.1 Å². The molecular weight excluding hydrogens is 535 g/mol. The Labute approximate surface area is 202 Å². The van der Waals surface area contributed by atoms with Gasteiger partial charge in [-0.05, 0) is 0 Å². The van der Waals surface area contributed by atoms with E-state index in [4.69, 9.17) is 9.15 Å². The molecule has 32 heavy (non-hydrogen) atoms. The zero-order valence-corrected chi connectivity index (χ0v) is 21.8. The number of fused-ring (bicyclic) bond motifs is 3. The summed E-state index contributed by atoms with van der Waals surface area (Å²) in [6.07, 6.45) is 13.8. The Morgan fingerprint density at radius 2 is 1.97 bits per heavy atom. The van der Waals surface area contributed by atoms with E-state index in [1.807, 2.05) is 6.07 Å². The van der Waals surface area contributed by atoms with Gasteiger partial charge in [0.15, 0.2) is 0 Å². The summed E-state index contributed by atoms with van der Waals surface area (Å²) in [5, 5.41) is 1.87. The first-order valence-electron chi connectivity index (χ1n) is 11.7. The number of hydrogen-bond acceptors (Lipinski definition) is 4. The third kappa shape index (κ3) is 5.13. The molecule has 0 bridgehead atoms. The number of esters is 1. The predicted molar refractivity (Wildman–Crippen MR) is 135 cm³/mol. The Hall–Kier alpha value is -1.62. The van der Waals surface area contributed by atoms with Crippen molar-refractivity contribution in [3.8, 4) is 0 Å². The summed E-state index contributed by atoms with van der Waals surface area (Å²) in [6.45, 7) is 2.53. The number of ether oxygens (including phenoxy) is 1. The van der Waals surface area contributed by atoms with Crippen LogP contribution in [0, 0.1) is 0 Å². The second-order valence-corrected chi connectivity index (χ2v) is 11.4. The molecule has 0 unspecified atom stereocenters. The first-order chi connectivity index (χ1) is 15.6. The number of unbranched alkanes of at least 4 members (excludes halogenated alkanes) is 5. The van der Waals surface area contributed by atoms with Gasteiger partial charge in [-0.2, -0.15) is 0 Å². The average molecular weight is 564 g/mol. The molecule has 2 heterocycles. The number of allylic oxidation sites excluding steroid dienone is 2. The number of benzene rings is 1. The van der Waals surface area contributed by atoms with Crippen LogP contribution in [-0.4, -0.2) is 27.1 Å². The molecule has 0 amide bonds. The Morgan fingerprint density at radius 1 is 1.16 bits per heavy atom. The molecule has 170 valence electrons. The second-order valence-electron chi connectivity index (χ2n) is 8.43. The zero-order valence-electron chi connectivity index (χ0n) is 18.5. The number of carbonyl (C=O) groups is 1. The van der Waals surface area contributed by atoms with E-state index in [2.05, 4.69) is 35.0 Å². The van der Waals surface area contributed by atoms with Crippen LogP contribution in [0.4, 0.5) is 0 Å². The first-order valence-corrected chi connectivity index (χ1v) is 14.2. The molecule has 1 aliphatic rings. The number of rotatable bonds is 9. The Kier molecular flexibility index (Phi) is 8.09. The molecule has 0 aliphatic heterocycles. The molecule has 4 rings (SSSR count). The maximum atomic E-state index is 12.6. The minimum absolute atomic E-state index is 0.0174. The molecule has 0 spiro atoms. The fourth-order valence-electron chi connectivity index (χ4n) is 4.22. The van der Waals surface area contributed by atoms with Crippen LogP contribution in [0.25, 0.3) is 26.2 Å². The van der Waals surface area contributed by atoms with Gasteiger partial charge in [-0.15, -0.1) is 0 Å². The summed E-state index contributed by atoms with van der Waals surface area (Å²) >= 11 is 3.86. The van der Waals surface area contributed by atoms with Crippen LogP contribution in [0.3, 0.4) is 0 Å². The van der Waals surface area contributed by atoms with Gasteiger partial charge in [-0.3, -0.25) is 0 Å². The molecule has 0 saturated heterocycles. The third-order valence-electron chi connectivity index (χ3n) is 6.03. The van der Waals surface area contributed by atoms with Crippen LogP contribution < -0.4 is 5.63 Å². The topological polar surface area (TPSA) is 56.5 Å². The van der Waals surface area contributed by atoms with Crippen LogP contribution in [0.2, 0.25) is 0 Å². The molecule has 2 aromatic heterocycles. The second kappa shape index (κ2) is 11.0. The maximum absolute atomic E-state index is 12.6. The summed E-state index contributed by atoms with van der Waals surface area (Å²) < 4.78 is 14.6. The molecule has 0 N–H and O–H groups in total. The fraction of sp³-hybridized carbons (Fsp3) is 0.462. The number of carbonyl (C=O) groups excluding carboxylic acids is 1. The molecule has 1 aromatic carbocycles. The van der Waals surface area contributed by atoms with Crippen molar-refractivity contribution >= 4 is 62.6 Å². The molecule has 4 nitrogen and oxygen atoms in total. The van der Waals surface area contributed by atoms with E-state index in [9.17, 15) is 9.59 Å². The van der Waals surface area contributed by atoms with Crippen LogP contribution in [-0.2, 0) is 4.74 Å². The van der Waals surface area contributed by atoms with E-state index in [0.29, 0.717) is 12.2 Å². The van der Waals surface area contributed by atoms with Gasteiger partial charge < -0.3 is 0 Å². The first kappa shape index (κ1) is 23.5. The fourth-order valence-corrected chi connectivity index (χ4v) is 8.15. The normalized spacial score (nSPS) is 14.1. The standard InChI is InChI=1S/C26H29BrO4Se/c1-2-3-4-5-6-10-15-30-25(28)20-16-18-13-14-19-21(27)23(17-11-8-7-9-12-17)32-24(19)22(18)31-26(20)29/h11,13-14,16H,2-10,12,15H2,1H3. The molecule has 0 radical (unpaired) electrons. The molecule has 0 fully saturated rings. The molecule has 0 atom stereocenters. The van der Waals surface area contributed by atoms with Gasteiger partial charge in [0.2, 0.25) is 0 Å². The van der Waals surface area contributed by atoms with E-state index >= 15 is 0 Å². The van der Waals surface area contributed by atoms with Gasteiger partial charge in [0, 0.05) is 0 Å². The SMILES string of the molecule is CCCCCCCCOC(=O)c1cc2ccc3c(Br)c(C4=CCCCC4)[se]c3c2oc1=O. The van der Waals surface area contributed by atoms with Gasteiger partial charge in [0.05, 0.1) is 0 Å². The summed E-state index contributed by atoms with van der Waals surface area (Å²) in [5.41, 5.74) is 1.39. The van der Waals surface area contributed by atoms with Crippen molar-refractivity contribution in [3.63, 3.8) is 0 Å². The van der Waals surface area contributed by atoms with Gasteiger partial charge in [-0.1, -0.05) is 19.8 Å². The molecule has 6 heteroatoms. The summed E-state index contributed by atoms with van der Waals surface area (Å²) in [6, 6.07) is 5.62. The average Bonchev–Trinajstić information content (AvgIpc) is 3.15. The van der Waals surface area contributed by atoms with Crippen molar-refractivity contribution in [2.75, 3.05) is 6.61 Å². The number of halogens is 1. The summed E-state index contributed by atoms with van der Waals surface area (Å²) in [7, 11) is 0. The van der Waals surface area contributed by atoms with Crippen LogP contribution in [0.15, 0.2) is 38.0 Å². The van der Waals surface area contributed by atoms with Crippen molar-refractivity contribution in [2.24, 2.45) is 0 Å².